The first-order valence-electron chi connectivity index (χ1n) is 6.72. The zero-order chi connectivity index (χ0) is 14.5. The molecule has 0 unspecified atom stereocenters. The van der Waals surface area contributed by atoms with Gasteiger partial charge in [0, 0.05) is 31.8 Å². The maximum absolute atomic E-state index is 12.1. The van der Waals surface area contributed by atoms with Crippen LogP contribution in [0.15, 0.2) is 24.3 Å². The molecule has 0 atom stereocenters. The van der Waals surface area contributed by atoms with Crippen molar-refractivity contribution in [2.45, 2.75) is 19.3 Å². The average Bonchev–Trinajstić information content (AvgIpc) is 2.47. The van der Waals surface area contributed by atoms with Crippen molar-refractivity contribution in [1.82, 2.24) is 4.90 Å². The molecular formula is C14H18N2O4. The minimum atomic E-state index is -0.458. The number of hydrogen-bond donors (Lipinski definition) is 1. The molecule has 0 saturated carbocycles. The molecule has 6 heteroatoms. The molecule has 1 heterocycles. The number of piperidine rings is 1. The van der Waals surface area contributed by atoms with Gasteiger partial charge in [-0.05, 0) is 24.3 Å². The molecule has 0 bridgehead atoms. The van der Waals surface area contributed by atoms with E-state index in [9.17, 15) is 14.9 Å². The van der Waals surface area contributed by atoms with E-state index in [1.54, 1.807) is 17.0 Å². The van der Waals surface area contributed by atoms with Crippen molar-refractivity contribution >= 4 is 11.6 Å². The summed E-state index contributed by atoms with van der Waals surface area (Å²) in [5.74, 6) is 0.277. The van der Waals surface area contributed by atoms with Gasteiger partial charge in [-0.2, -0.15) is 0 Å². The van der Waals surface area contributed by atoms with Crippen LogP contribution in [0.3, 0.4) is 0 Å². The lowest BCUT2D eigenvalue weighted by Crippen LogP contribution is -2.40. The van der Waals surface area contributed by atoms with E-state index in [4.69, 9.17) is 5.11 Å². The van der Waals surface area contributed by atoms with Gasteiger partial charge in [-0.25, -0.2) is 0 Å². The van der Waals surface area contributed by atoms with E-state index in [1.807, 2.05) is 0 Å². The van der Waals surface area contributed by atoms with E-state index < -0.39 is 4.92 Å². The Morgan fingerprint density at radius 3 is 2.70 bits per heavy atom. The molecular weight excluding hydrogens is 260 g/mol. The molecule has 0 aromatic heterocycles. The van der Waals surface area contributed by atoms with Crippen LogP contribution in [-0.2, 0) is 11.2 Å². The average molecular weight is 278 g/mol. The molecule has 1 aliphatic rings. The van der Waals surface area contributed by atoms with E-state index in [-0.39, 0.29) is 30.5 Å². The zero-order valence-electron chi connectivity index (χ0n) is 11.2. The highest BCUT2D eigenvalue weighted by Crippen LogP contribution is 2.18. The lowest BCUT2D eigenvalue weighted by molar-refractivity contribution is -0.384. The summed E-state index contributed by atoms with van der Waals surface area (Å²) in [5, 5.41) is 19.8. The summed E-state index contributed by atoms with van der Waals surface area (Å²) in [4.78, 5) is 24.1. The summed E-state index contributed by atoms with van der Waals surface area (Å²) < 4.78 is 0. The fraction of sp³-hybridized carbons (Fsp3) is 0.500. The second-order valence-corrected chi connectivity index (χ2v) is 5.11. The number of likely N-dealkylation sites (tertiary alicyclic amines) is 1. The topological polar surface area (TPSA) is 83.7 Å². The molecule has 1 N–H and O–H groups in total. The van der Waals surface area contributed by atoms with Crippen LogP contribution in [0.1, 0.15) is 18.4 Å². The van der Waals surface area contributed by atoms with E-state index in [1.165, 1.54) is 12.1 Å². The Hall–Kier alpha value is -1.95. The Balaban J connectivity index is 1.95. The van der Waals surface area contributed by atoms with Gasteiger partial charge in [0.25, 0.3) is 5.69 Å². The minimum absolute atomic E-state index is 0.00860. The number of nitrogens with zero attached hydrogens (tertiary/aromatic N) is 2. The summed E-state index contributed by atoms with van der Waals surface area (Å²) >= 11 is 0. The number of aliphatic hydroxyl groups is 1. The molecule has 0 radical (unpaired) electrons. The number of hydrogen-bond acceptors (Lipinski definition) is 4. The standard InChI is InChI=1S/C14H18N2O4/c17-10-11-4-6-15(7-5-11)14(18)9-12-2-1-3-13(8-12)16(19)20/h1-3,8,11,17H,4-7,9-10H2. The van der Waals surface area contributed by atoms with E-state index in [2.05, 4.69) is 0 Å². The summed E-state index contributed by atoms with van der Waals surface area (Å²) in [6.45, 7) is 1.48. The Morgan fingerprint density at radius 1 is 1.40 bits per heavy atom. The zero-order valence-corrected chi connectivity index (χ0v) is 11.2. The first-order valence-corrected chi connectivity index (χ1v) is 6.72. The second-order valence-electron chi connectivity index (χ2n) is 5.11. The van der Waals surface area contributed by atoms with Crippen molar-refractivity contribution < 1.29 is 14.8 Å². The molecule has 108 valence electrons. The lowest BCUT2D eigenvalue weighted by Gasteiger charge is -2.31. The van der Waals surface area contributed by atoms with Gasteiger partial charge < -0.3 is 10.0 Å². The summed E-state index contributed by atoms with van der Waals surface area (Å²) in [5.41, 5.74) is 0.669. The molecule has 0 spiro atoms. The minimum Gasteiger partial charge on any atom is -0.396 e. The van der Waals surface area contributed by atoms with Gasteiger partial charge in [0.05, 0.1) is 11.3 Å². The highest BCUT2D eigenvalue weighted by Gasteiger charge is 2.22. The van der Waals surface area contributed by atoms with Crippen LogP contribution < -0.4 is 0 Å². The number of non-ortho nitro benzene ring substituents is 1. The molecule has 6 nitrogen and oxygen atoms in total. The molecule has 1 aliphatic heterocycles. The monoisotopic (exact) mass is 278 g/mol. The number of aliphatic hydroxyl groups excluding tert-OH is 1. The molecule has 0 aliphatic carbocycles. The molecule has 2 rings (SSSR count). The van der Waals surface area contributed by atoms with Crippen LogP contribution in [0.4, 0.5) is 5.69 Å². The van der Waals surface area contributed by atoms with Crippen molar-refractivity contribution in [3.8, 4) is 0 Å². The Kier molecular flexibility index (Phi) is 4.68. The Morgan fingerprint density at radius 2 is 2.10 bits per heavy atom. The van der Waals surface area contributed by atoms with Crippen molar-refractivity contribution in [3.63, 3.8) is 0 Å². The maximum Gasteiger partial charge on any atom is 0.269 e. The van der Waals surface area contributed by atoms with Gasteiger partial charge in [0.2, 0.25) is 5.91 Å². The Bertz CT molecular complexity index is 496. The molecule has 1 fully saturated rings. The van der Waals surface area contributed by atoms with Crippen LogP contribution in [-0.4, -0.2) is 40.5 Å². The van der Waals surface area contributed by atoms with Crippen LogP contribution in [0.25, 0.3) is 0 Å². The molecule has 1 amide bonds. The summed E-state index contributed by atoms with van der Waals surface area (Å²) in [7, 11) is 0. The van der Waals surface area contributed by atoms with Crippen molar-refractivity contribution in [2.75, 3.05) is 19.7 Å². The third kappa shape index (κ3) is 3.54. The first kappa shape index (κ1) is 14.5. The number of nitro groups is 1. The predicted molar refractivity (Wildman–Crippen MR) is 73.2 cm³/mol. The number of carbonyl (C=O) groups is 1. The summed E-state index contributed by atoms with van der Waals surface area (Å²) in [6.07, 6.45) is 1.82. The number of carbonyl (C=O) groups excluding carboxylic acids is 1. The first-order chi connectivity index (χ1) is 9.60. The quantitative estimate of drug-likeness (QED) is 0.666. The SMILES string of the molecule is O=C(Cc1cccc([N+](=O)[O-])c1)N1CCC(CO)CC1. The largest absolute Gasteiger partial charge is 0.396 e. The fourth-order valence-electron chi connectivity index (χ4n) is 2.43. The van der Waals surface area contributed by atoms with Gasteiger partial charge in [-0.15, -0.1) is 0 Å². The van der Waals surface area contributed by atoms with Crippen LogP contribution >= 0.6 is 0 Å². The Labute approximate surface area is 117 Å². The lowest BCUT2D eigenvalue weighted by atomic mass is 9.97. The van der Waals surface area contributed by atoms with E-state index in [0.29, 0.717) is 18.7 Å². The third-order valence-electron chi connectivity index (χ3n) is 3.70. The van der Waals surface area contributed by atoms with E-state index >= 15 is 0 Å². The molecule has 1 saturated heterocycles. The number of benzene rings is 1. The van der Waals surface area contributed by atoms with Crippen LogP contribution in [0, 0.1) is 16.0 Å². The smallest absolute Gasteiger partial charge is 0.269 e. The van der Waals surface area contributed by atoms with Crippen molar-refractivity contribution in [1.29, 1.82) is 0 Å². The van der Waals surface area contributed by atoms with Gasteiger partial charge in [-0.1, -0.05) is 12.1 Å². The molecule has 20 heavy (non-hydrogen) atoms. The molecule has 1 aromatic rings. The number of rotatable bonds is 4. The number of nitro benzene ring substituents is 1. The van der Waals surface area contributed by atoms with Gasteiger partial charge in [0.15, 0.2) is 0 Å². The third-order valence-corrected chi connectivity index (χ3v) is 3.70. The van der Waals surface area contributed by atoms with Gasteiger partial charge in [0.1, 0.15) is 0 Å². The predicted octanol–water partition coefficient (Wildman–Crippen LogP) is 1.37. The molecule has 1 aromatic carbocycles. The maximum atomic E-state index is 12.1. The normalized spacial score (nSPS) is 16.1. The fourth-order valence-corrected chi connectivity index (χ4v) is 2.43. The van der Waals surface area contributed by atoms with Crippen LogP contribution in [0.5, 0.6) is 0 Å². The van der Waals surface area contributed by atoms with Crippen molar-refractivity contribution in [3.05, 3.63) is 39.9 Å². The second kappa shape index (κ2) is 6.47. The van der Waals surface area contributed by atoms with E-state index in [0.717, 1.165) is 12.8 Å². The van der Waals surface area contributed by atoms with Gasteiger partial charge >= 0.3 is 0 Å². The van der Waals surface area contributed by atoms with Crippen molar-refractivity contribution in [2.24, 2.45) is 5.92 Å². The summed E-state index contributed by atoms with van der Waals surface area (Å²) in [6, 6.07) is 6.18. The van der Waals surface area contributed by atoms with Crippen LogP contribution in [0.2, 0.25) is 0 Å². The van der Waals surface area contributed by atoms with Gasteiger partial charge in [-0.3, -0.25) is 14.9 Å². The highest BCUT2D eigenvalue weighted by molar-refractivity contribution is 5.79. The highest BCUT2D eigenvalue weighted by atomic mass is 16.6. The number of amides is 1.